The zero-order valence-electron chi connectivity index (χ0n) is 18.9. The Kier molecular flexibility index (Phi) is 6.09. The molecule has 1 fully saturated rings. The van der Waals surface area contributed by atoms with Crippen LogP contribution >= 0.6 is 0 Å². The van der Waals surface area contributed by atoms with E-state index in [0.29, 0.717) is 11.9 Å². The van der Waals surface area contributed by atoms with Crippen molar-refractivity contribution in [2.24, 2.45) is 0 Å². The summed E-state index contributed by atoms with van der Waals surface area (Å²) in [7, 11) is 1.72. The molecule has 6 heteroatoms. The van der Waals surface area contributed by atoms with Gasteiger partial charge in [0.05, 0.1) is 23.7 Å². The maximum Gasteiger partial charge on any atom is 0.261 e. The van der Waals surface area contributed by atoms with Gasteiger partial charge in [0.1, 0.15) is 11.6 Å². The van der Waals surface area contributed by atoms with Crippen LogP contribution in [0.1, 0.15) is 0 Å². The fraction of sp³-hybridized carbons (Fsp3) is 0.259. The predicted molar refractivity (Wildman–Crippen MR) is 133 cm³/mol. The molecule has 1 aliphatic heterocycles. The molecular weight excluding hydrogens is 412 g/mol. The number of para-hydroxylation sites is 3. The average molecular weight is 441 g/mol. The predicted octanol–water partition coefficient (Wildman–Crippen LogP) is 3.89. The molecule has 1 saturated heterocycles. The Bertz CT molecular complexity index is 1290. The molecule has 5 rings (SSSR count). The van der Waals surface area contributed by atoms with Crippen molar-refractivity contribution in [3.63, 3.8) is 0 Å². The Morgan fingerprint density at radius 3 is 2.30 bits per heavy atom. The molecule has 0 unspecified atom stereocenters. The van der Waals surface area contributed by atoms with Crippen molar-refractivity contribution in [1.82, 2.24) is 14.5 Å². The summed E-state index contributed by atoms with van der Waals surface area (Å²) in [6.45, 7) is 5.14. The number of hydrogen-bond acceptors (Lipinski definition) is 5. The average Bonchev–Trinajstić information content (AvgIpc) is 2.89. The third-order valence-electron chi connectivity index (χ3n) is 6.33. The first-order valence-electron chi connectivity index (χ1n) is 11.4. The molecule has 1 aliphatic rings. The molecule has 0 N–H and O–H groups in total. The van der Waals surface area contributed by atoms with Gasteiger partial charge in [0.25, 0.3) is 5.56 Å². The van der Waals surface area contributed by atoms with Crippen LogP contribution in [0.5, 0.6) is 5.75 Å². The maximum absolute atomic E-state index is 13.4. The van der Waals surface area contributed by atoms with Crippen LogP contribution in [-0.2, 0) is 6.54 Å². The van der Waals surface area contributed by atoms with Gasteiger partial charge >= 0.3 is 0 Å². The lowest BCUT2D eigenvalue weighted by atomic mass is 10.1. The van der Waals surface area contributed by atoms with Gasteiger partial charge < -0.3 is 9.64 Å². The topological polar surface area (TPSA) is 50.6 Å². The van der Waals surface area contributed by atoms with Gasteiger partial charge in [-0.15, -0.1) is 0 Å². The van der Waals surface area contributed by atoms with Gasteiger partial charge in [-0.2, -0.15) is 0 Å². The van der Waals surface area contributed by atoms with Crippen LogP contribution in [0.15, 0.2) is 83.7 Å². The van der Waals surface area contributed by atoms with Crippen molar-refractivity contribution in [2.45, 2.75) is 6.54 Å². The number of methoxy groups -OCH3 is 1. The van der Waals surface area contributed by atoms with E-state index < -0.39 is 0 Å². The molecule has 0 saturated carbocycles. The summed E-state index contributed by atoms with van der Waals surface area (Å²) in [5.74, 6) is 1.64. The Morgan fingerprint density at radius 1 is 0.818 bits per heavy atom. The van der Waals surface area contributed by atoms with Crippen molar-refractivity contribution in [2.75, 3.05) is 44.7 Å². The highest BCUT2D eigenvalue weighted by molar-refractivity contribution is 5.79. The lowest BCUT2D eigenvalue weighted by Gasteiger charge is -2.36. The third-order valence-corrected chi connectivity index (χ3v) is 6.33. The number of piperazine rings is 1. The number of aromatic nitrogens is 2. The first-order chi connectivity index (χ1) is 16.2. The van der Waals surface area contributed by atoms with E-state index in [4.69, 9.17) is 9.72 Å². The van der Waals surface area contributed by atoms with Crippen molar-refractivity contribution in [1.29, 1.82) is 0 Å². The summed E-state index contributed by atoms with van der Waals surface area (Å²) in [6, 6.07) is 25.7. The first kappa shape index (κ1) is 21.2. The lowest BCUT2D eigenvalue weighted by molar-refractivity contribution is 0.247. The van der Waals surface area contributed by atoms with E-state index in [2.05, 4.69) is 21.9 Å². The van der Waals surface area contributed by atoms with Crippen molar-refractivity contribution in [3.05, 3.63) is 89.2 Å². The maximum atomic E-state index is 13.4. The van der Waals surface area contributed by atoms with Gasteiger partial charge in [0.15, 0.2) is 0 Å². The van der Waals surface area contributed by atoms with Gasteiger partial charge in [-0.05, 0) is 24.3 Å². The molecule has 0 amide bonds. The molecule has 4 aromatic rings. The molecule has 0 bridgehead atoms. The quantitative estimate of drug-likeness (QED) is 0.455. The second-order valence-corrected chi connectivity index (χ2v) is 8.28. The standard InChI is InChI=1S/C27H28N4O2/c1-33-25-14-8-7-13-24(25)30-18-15-29(16-19-30)17-20-31-26(21-9-3-2-4-10-21)28-23-12-6-5-11-22(23)27(31)32/h2-14H,15-20H2,1H3. The molecule has 0 aliphatic carbocycles. The monoisotopic (exact) mass is 440 g/mol. The molecule has 6 nitrogen and oxygen atoms in total. The molecule has 0 spiro atoms. The molecule has 33 heavy (non-hydrogen) atoms. The van der Waals surface area contributed by atoms with E-state index in [1.807, 2.05) is 71.3 Å². The van der Waals surface area contributed by atoms with Crippen molar-refractivity contribution < 1.29 is 4.74 Å². The van der Waals surface area contributed by atoms with Crippen LogP contribution in [-0.4, -0.2) is 54.3 Å². The van der Waals surface area contributed by atoms with E-state index >= 15 is 0 Å². The summed E-state index contributed by atoms with van der Waals surface area (Å²) in [5.41, 5.74) is 2.86. The van der Waals surface area contributed by atoms with Crippen LogP contribution in [0.2, 0.25) is 0 Å². The van der Waals surface area contributed by atoms with Gasteiger partial charge in [0.2, 0.25) is 0 Å². The van der Waals surface area contributed by atoms with Gasteiger partial charge in [-0.25, -0.2) is 4.98 Å². The molecule has 1 aromatic heterocycles. The molecular formula is C27H28N4O2. The Labute approximate surface area is 193 Å². The second kappa shape index (κ2) is 9.46. The fourth-order valence-electron chi connectivity index (χ4n) is 4.53. The van der Waals surface area contributed by atoms with Crippen LogP contribution in [0.3, 0.4) is 0 Å². The Hall–Kier alpha value is -3.64. The summed E-state index contributed by atoms with van der Waals surface area (Å²) in [4.78, 5) is 23.0. The van der Waals surface area contributed by atoms with Crippen LogP contribution in [0.25, 0.3) is 22.3 Å². The second-order valence-electron chi connectivity index (χ2n) is 8.28. The molecule has 0 atom stereocenters. The summed E-state index contributed by atoms with van der Waals surface area (Å²) < 4.78 is 7.37. The van der Waals surface area contributed by atoms with E-state index in [-0.39, 0.29) is 5.56 Å². The van der Waals surface area contributed by atoms with Crippen molar-refractivity contribution in [3.8, 4) is 17.1 Å². The molecule has 0 radical (unpaired) electrons. The minimum Gasteiger partial charge on any atom is -0.495 e. The number of benzene rings is 3. The summed E-state index contributed by atoms with van der Waals surface area (Å²) in [5, 5.41) is 0.665. The number of nitrogens with zero attached hydrogens (tertiary/aromatic N) is 4. The highest BCUT2D eigenvalue weighted by atomic mass is 16.5. The smallest absolute Gasteiger partial charge is 0.261 e. The number of rotatable bonds is 6. The summed E-state index contributed by atoms with van der Waals surface area (Å²) >= 11 is 0. The highest BCUT2D eigenvalue weighted by Crippen LogP contribution is 2.28. The first-order valence-corrected chi connectivity index (χ1v) is 11.4. The fourth-order valence-corrected chi connectivity index (χ4v) is 4.53. The van der Waals surface area contributed by atoms with Crippen LogP contribution in [0.4, 0.5) is 5.69 Å². The van der Waals surface area contributed by atoms with E-state index in [9.17, 15) is 4.79 Å². The van der Waals surface area contributed by atoms with Crippen molar-refractivity contribution >= 4 is 16.6 Å². The molecule has 2 heterocycles. The van der Waals surface area contributed by atoms with Gasteiger partial charge in [0, 0.05) is 44.8 Å². The lowest BCUT2D eigenvalue weighted by Crippen LogP contribution is -2.47. The van der Waals surface area contributed by atoms with E-state index in [1.165, 1.54) is 0 Å². The minimum absolute atomic E-state index is 0.0205. The number of anilines is 1. The SMILES string of the molecule is COc1ccccc1N1CCN(CCn2c(-c3ccccc3)nc3ccccc3c2=O)CC1. The Morgan fingerprint density at radius 2 is 1.52 bits per heavy atom. The number of fused-ring (bicyclic) bond motifs is 1. The van der Waals surface area contributed by atoms with E-state index in [1.54, 1.807) is 7.11 Å². The van der Waals surface area contributed by atoms with Gasteiger partial charge in [-0.1, -0.05) is 54.6 Å². The highest BCUT2D eigenvalue weighted by Gasteiger charge is 2.20. The largest absolute Gasteiger partial charge is 0.495 e. The molecule has 168 valence electrons. The van der Waals surface area contributed by atoms with Crippen LogP contribution in [0, 0.1) is 0 Å². The number of hydrogen-bond donors (Lipinski definition) is 0. The van der Waals surface area contributed by atoms with E-state index in [0.717, 1.165) is 61.1 Å². The Balaban J connectivity index is 1.35. The summed E-state index contributed by atoms with van der Waals surface area (Å²) in [6.07, 6.45) is 0. The zero-order chi connectivity index (χ0) is 22.6. The number of ether oxygens (including phenoxy) is 1. The van der Waals surface area contributed by atoms with Crippen LogP contribution < -0.4 is 15.2 Å². The van der Waals surface area contributed by atoms with Gasteiger partial charge in [-0.3, -0.25) is 14.3 Å². The zero-order valence-corrected chi connectivity index (χ0v) is 18.9. The third kappa shape index (κ3) is 4.34. The normalized spacial score (nSPS) is 14.5. The minimum atomic E-state index is 0.0205. The molecule has 3 aromatic carbocycles.